The van der Waals surface area contributed by atoms with Crippen LogP contribution in [0.25, 0.3) is 0 Å². The number of hydrogen-bond acceptors (Lipinski definition) is 10. The van der Waals surface area contributed by atoms with E-state index in [0.717, 1.165) is 0 Å². The van der Waals surface area contributed by atoms with Crippen molar-refractivity contribution in [2.75, 3.05) is 0 Å². The van der Waals surface area contributed by atoms with Gasteiger partial charge < -0.3 is 52.3 Å². The SMILES string of the molecule is CC[C@H](C)[C@H](NC(C)=O)C(=O)N[C@@H](CCC(=O)O)C(=O)N[C@H](C(=O)N[C@@H](CC(=O)O)C(=O)N[C@H](C(=O)N[C@@H](CC(=O)O)C(=O)O)[C@@H](C)CC)C(C)C. The van der Waals surface area contributed by atoms with E-state index in [9.17, 15) is 63.3 Å². The largest absolute Gasteiger partial charge is 0.481 e. The van der Waals surface area contributed by atoms with Crippen LogP contribution in [-0.2, 0) is 47.9 Å². The molecule has 0 aliphatic heterocycles. The maximum atomic E-state index is 13.5. The van der Waals surface area contributed by atoms with Crippen LogP contribution in [0.5, 0.6) is 0 Å². The van der Waals surface area contributed by atoms with E-state index < -0.39 is 133 Å². The fourth-order valence-corrected chi connectivity index (χ4v) is 4.75. The molecule has 20 heteroatoms. The van der Waals surface area contributed by atoms with Crippen molar-refractivity contribution in [1.29, 1.82) is 0 Å². The number of aliphatic carboxylic acids is 4. The zero-order chi connectivity index (χ0) is 40.5. The van der Waals surface area contributed by atoms with Gasteiger partial charge in [0.15, 0.2) is 0 Å². The molecule has 0 saturated heterocycles. The number of hydrogen-bond donors (Lipinski definition) is 10. The van der Waals surface area contributed by atoms with Crippen LogP contribution in [0.4, 0.5) is 0 Å². The summed E-state index contributed by atoms with van der Waals surface area (Å²) in [6.45, 7) is 10.8. The molecule has 0 fully saturated rings. The lowest BCUT2D eigenvalue weighted by molar-refractivity contribution is -0.147. The predicted molar refractivity (Wildman–Crippen MR) is 180 cm³/mol. The first-order chi connectivity index (χ1) is 24.0. The Morgan fingerprint density at radius 3 is 1.27 bits per heavy atom. The number of amides is 6. The minimum atomic E-state index is -1.85. The molecule has 0 saturated carbocycles. The Morgan fingerprint density at radius 2 is 0.865 bits per heavy atom. The van der Waals surface area contributed by atoms with Gasteiger partial charge in [-0.2, -0.15) is 0 Å². The van der Waals surface area contributed by atoms with Crippen LogP contribution >= 0.6 is 0 Å². The lowest BCUT2D eigenvalue weighted by Crippen LogP contribution is -2.61. The molecule has 0 rings (SSSR count). The lowest BCUT2D eigenvalue weighted by atomic mass is 9.96. The number of carbonyl (C=O) groups excluding carboxylic acids is 6. The summed E-state index contributed by atoms with van der Waals surface area (Å²) in [4.78, 5) is 124. The molecule has 0 aliphatic carbocycles. The normalized spacial score (nSPS) is 15.5. The van der Waals surface area contributed by atoms with Crippen molar-refractivity contribution < 1.29 is 68.4 Å². The van der Waals surface area contributed by atoms with E-state index in [1.54, 1.807) is 20.8 Å². The highest BCUT2D eigenvalue weighted by Crippen LogP contribution is 2.13. The molecule has 0 aromatic carbocycles. The lowest BCUT2D eigenvalue weighted by Gasteiger charge is -2.29. The molecule has 0 spiro atoms. The van der Waals surface area contributed by atoms with Gasteiger partial charge in [0.25, 0.3) is 0 Å². The Labute approximate surface area is 300 Å². The van der Waals surface area contributed by atoms with Crippen LogP contribution < -0.4 is 31.9 Å². The third kappa shape index (κ3) is 16.6. The fraction of sp³-hybridized carbons (Fsp3) is 0.688. The fourth-order valence-electron chi connectivity index (χ4n) is 4.75. The molecule has 6 amide bonds. The van der Waals surface area contributed by atoms with Gasteiger partial charge in [0.05, 0.1) is 12.8 Å². The van der Waals surface area contributed by atoms with Crippen molar-refractivity contribution in [2.45, 2.75) is 123 Å². The van der Waals surface area contributed by atoms with Gasteiger partial charge in [0, 0.05) is 13.3 Å². The van der Waals surface area contributed by atoms with Crippen LogP contribution in [0.2, 0.25) is 0 Å². The van der Waals surface area contributed by atoms with Gasteiger partial charge in [-0.1, -0.05) is 54.4 Å². The van der Waals surface area contributed by atoms with Gasteiger partial charge in [-0.15, -0.1) is 0 Å². The molecular formula is C32H52N6O14. The van der Waals surface area contributed by atoms with Gasteiger partial charge in [-0.25, -0.2) is 4.79 Å². The average Bonchev–Trinajstić information content (AvgIpc) is 3.03. The highest BCUT2D eigenvalue weighted by Gasteiger charge is 2.36. The molecule has 0 aromatic heterocycles. The van der Waals surface area contributed by atoms with E-state index in [0.29, 0.717) is 6.42 Å². The smallest absolute Gasteiger partial charge is 0.326 e. The summed E-state index contributed by atoms with van der Waals surface area (Å²) in [5.74, 6) is -13.4. The second-order valence-corrected chi connectivity index (χ2v) is 12.8. The first-order valence-electron chi connectivity index (χ1n) is 16.7. The Hall–Kier alpha value is -5.30. The summed E-state index contributed by atoms with van der Waals surface area (Å²) < 4.78 is 0. The zero-order valence-electron chi connectivity index (χ0n) is 30.3. The van der Waals surface area contributed by atoms with E-state index in [1.165, 1.54) is 27.7 Å². The molecule has 0 aromatic rings. The Kier molecular flexibility index (Phi) is 20.2. The topological polar surface area (TPSA) is 324 Å². The summed E-state index contributed by atoms with van der Waals surface area (Å²) >= 11 is 0. The van der Waals surface area contributed by atoms with Crippen LogP contribution in [0.15, 0.2) is 0 Å². The first-order valence-corrected chi connectivity index (χ1v) is 16.7. The van der Waals surface area contributed by atoms with Crippen LogP contribution in [0, 0.1) is 17.8 Å². The van der Waals surface area contributed by atoms with Gasteiger partial charge in [-0.3, -0.25) is 43.2 Å². The molecule has 294 valence electrons. The molecule has 20 nitrogen and oxygen atoms in total. The quantitative estimate of drug-likeness (QED) is 0.0542. The summed E-state index contributed by atoms with van der Waals surface area (Å²) in [5.41, 5.74) is 0. The third-order valence-corrected chi connectivity index (χ3v) is 8.18. The van der Waals surface area contributed by atoms with Gasteiger partial charge in [0.1, 0.15) is 36.3 Å². The van der Waals surface area contributed by atoms with Crippen molar-refractivity contribution in [3.63, 3.8) is 0 Å². The van der Waals surface area contributed by atoms with Gasteiger partial charge in [-0.05, 0) is 24.2 Å². The summed E-state index contributed by atoms with van der Waals surface area (Å²) in [5, 5.41) is 51.0. The predicted octanol–water partition coefficient (Wildman–Crippen LogP) is -1.44. The average molecular weight is 745 g/mol. The van der Waals surface area contributed by atoms with Crippen molar-refractivity contribution in [2.24, 2.45) is 17.8 Å². The van der Waals surface area contributed by atoms with Gasteiger partial charge >= 0.3 is 23.9 Å². The van der Waals surface area contributed by atoms with Crippen LogP contribution in [0.3, 0.4) is 0 Å². The second kappa shape index (κ2) is 22.5. The molecule has 0 radical (unpaired) electrons. The van der Waals surface area contributed by atoms with Crippen molar-refractivity contribution in [3.05, 3.63) is 0 Å². The molecular weight excluding hydrogens is 692 g/mol. The molecule has 52 heavy (non-hydrogen) atoms. The highest BCUT2D eigenvalue weighted by atomic mass is 16.4. The number of carboxylic acids is 4. The van der Waals surface area contributed by atoms with Crippen molar-refractivity contribution in [1.82, 2.24) is 31.9 Å². The van der Waals surface area contributed by atoms with E-state index in [4.69, 9.17) is 5.11 Å². The van der Waals surface area contributed by atoms with Crippen molar-refractivity contribution >= 4 is 59.3 Å². The molecule has 0 aliphatic rings. The third-order valence-electron chi connectivity index (χ3n) is 8.18. The standard InChI is InChI=1S/C32H52N6O14/c1-8-15(5)25(33-17(7)39)30(49)34-18(10-11-21(40)41)27(46)37-24(14(3)4)29(48)35-19(12-22(42)43)28(47)38-26(16(6)9-2)31(50)36-20(32(51)52)13-23(44)45/h14-16,18-20,24-26H,8-13H2,1-7H3,(H,33,39)(H,34,49)(H,35,48)(H,36,50)(H,37,46)(H,38,47)(H,40,41)(H,42,43)(H,44,45)(H,51,52)/t15-,16-,18-,19-,20-,24-,25-,26-/m0/s1. The van der Waals surface area contributed by atoms with E-state index in [-0.39, 0.29) is 12.3 Å². The number of carbonyl (C=O) groups is 10. The zero-order valence-corrected chi connectivity index (χ0v) is 30.3. The summed E-state index contributed by atoms with van der Waals surface area (Å²) in [7, 11) is 0. The first kappa shape index (κ1) is 46.7. The van der Waals surface area contributed by atoms with Crippen LogP contribution in [-0.4, -0.2) is 116 Å². The molecule has 0 bridgehead atoms. The monoisotopic (exact) mass is 744 g/mol. The Morgan fingerprint density at radius 1 is 0.481 bits per heavy atom. The maximum Gasteiger partial charge on any atom is 0.326 e. The Bertz CT molecular complexity index is 1340. The second-order valence-electron chi connectivity index (χ2n) is 12.8. The van der Waals surface area contributed by atoms with Crippen LogP contribution in [0.1, 0.15) is 87.0 Å². The molecule has 0 heterocycles. The van der Waals surface area contributed by atoms with Crippen molar-refractivity contribution in [3.8, 4) is 0 Å². The Balaban J connectivity index is 6.30. The molecule has 10 N–H and O–H groups in total. The summed E-state index contributed by atoms with van der Waals surface area (Å²) in [6.07, 6.45) is -2.25. The number of nitrogens with one attached hydrogen (secondary N) is 6. The highest BCUT2D eigenvalue weighted by molar-refractivity contribution is 5.98. The maximum absolute atomic E-state index is 13.5. The molecule has 8 atom stereocenters. The number of carboxylic acid groups (broad SMARTS) is 4. The van der Waals surface area contributed by atoms with Gasteiger partial charge in [0.2, 0.25) is 35.4 Å². The van der Waals surface area contributed by atoms with E-state index >= 15 is 0 Å². The summed E-state index contributed by atoms with van der Waals surface area (Å²) in [6, 6.07) is -9.22. The van der Waals surface area contributed by atoms with E-state index in [1.807, 2.05) is 5.32 Å². The molecule has 0 unspecified atom stereocenters. The minimum Gasteiger partial charge on any atom is -0.481 e. The van der Waals surface area contributed by atoms with E-state index in [2.05, 4.69) is 26.6 Å². The minimum absolute atomic E-state index is 0.245. The number of rotatable bonds is 24.